The number of rotatable bonds is 1. The van der Waals surface area contributed by atoms with Gasteiger partial charge >= 0.3 is 5.97 Å². The largest absolute Gasteiger partial charge is 0.493 e. The normalized spacial score (nSPS) is 13.1. The van der Waals surface area contributed by atoms with Crippen LogP contribution in [0.4, 0.5) is 0 Å². The SMILES string of the molecule is COc1cccc2c1OC(=O)c1ncccc1C2. The molecule has 0 bridgehead atoms. The number of nitrogens with zero attached hydrogens (tertiary/aromatic N) is 1. The summed E-state index contributed by atoms with van der Waals surface area (Å²) in [5.41, 5.74) is 2.17. The van der Waals surface area contributed by atoms with Crippen molar-refractivity contribution in [2.45, 2.75) is 6.42 Å². The number of fused-ring (bicyclic) bond motifs is 2. The van der Waals surface area contributed by atoms with Crippen LogP contribution in [-0.4, -0.2) is 18.1 Å². The van der Waals surface area contributed by atoms with Crippen LogP contribution in [0, 0.1) is 0 Å². The molecule has 2 aromatic rings. The van der Waals surface area contributed by atoms with Gasteiger partial charge in [0.25, 0.3) is 0 Å². The van der Waals surface area contributed by atoms with Crippen LogP contribution in [0.15, 0.2) is 36.5 Å². The van der Waals surface area contributed by atoms with Gasteiger partial charge < -0.3 is 9.47 Å². The summed E-state index contributed by atoms with van der Waals surface area (Å²) in [4.78, 5) is 16.1. The van der Waals surface area contributed by atoms with Crippen molar-refractivity contribution < 1.29 is 14.3 Å². The monoisotopic (exact) mass is 241 g/mol. The number of hydrogen-bond donors (Lipinski definition) is 0. The molecule has 0 unspecified atom stereocenters. The lowest BCUT2D eigenvalue weighted by Gasteiger charge is -2.09. The number of aromatic nitrogens is 1. The van der Waals surface area contributed by atoms with Gasteiger partial charge in [-0.2, -0.15) is 0 Å². The van der Waals surface area contributed by atoms with Crippen molar-refractivity contribution in [1.29, 1.82) is 0 Å². The molecular weight excluding hydrogens is 230 g/mol. The van der Waals surface area contributed by atoms with Gasteiger partial charge in [0.05, 0.1) is 7.11 Å². The van der Waals surface area contributed by atoms with E-state index >= 15 is 0 Å². The molecule has 90 valence electrons. The molecule has 1 aromatic carbocycles. The molecule has 0 radical (unpaired) electrons. The first-order valence-corrected chi connectivity index (χ1v) is 5.61. The van der Waals surface area contributed by atoms with Crippen LogP contribution in [0.25, 0.3) is 0 Å². The van der Waals surface area contributed by atoms with Gasteiger partial charge in [-0.15, -0.1) is 0 Å². The fourth-order valence-corrected chi connectivity index (χ4v) is 2.09. The molecule has 0 saturated heterocycles. The number of carbonyl (C=O) groups is 1. The number of esters is 1. The first-order chi connectivity index (χ1) is 8.79. The van der Waals surface area contributed by atoms with E-state index < -0.39 is 5.97 Å². The topological polar surface area (TPSA) is 48.4 Å². The highest BCUT2D eigenvalue weighted by atomic mass is 16.6. The Morgan fingerprint density at radius 1 is 1.22 bits per heavy atom. The molecule has 1 aromatic heterocycles. The third-order valence-corrected chi connectivity index (χ3v) is 2.94. The minimum Gasteiger partial charge on any atom is -0.493 e. The average Bonchev–Trinajstić information content (AvgIpc) is 2.54. The van der Waals surface area contributed by atoms with E-state index in [1.54, 1.807) is 19.4 Å². The lowest BCUT2D eigenvalue weighted by molar-refractivity contribution is 0.0724. The number of pyridine rings is 1. The van der Waals surface area contributed by atoms with Crippen molar-refractivity contribution in [3.05, 3.63) is 53.3 Å². The lowest BCUT2D eigenvalue weighted by atomic mass is 10.0. The lowest BCUT2D eigenvalue weighted by Crippen LogP contribution is -2.11. The van der Waals surface area contributed by atoms with E-state index in [1.165, 1.54) is 0 Å². The van der Waals surface area contributed by atoms with Gasteiger partial charge in [-0.25, -0.2) is 9.78 Å². The van der Waals surface area contributed by atoms with Crippen LogP contribution in [-0.2, 0) is 6.42 Å². The Morgan fingerprint density at radius 3 is 2.89 bits per heavy atom. The Kier molecular flexibility index (Phi) is 2.48. The zero-order valence-electron chi connectivity index (χ0n) is 9.84. The number of methoxy groups -OCH3 is 1. The molecular formula is C14H11NO3. The van der Waals surface area contributed by atoms with E-state index in [0.717, 1.165) is 11.1 Å². The summed E-state index contributed by atoms with van der Waals surface area (Å²) in [5, 5.41) is 0. The van der Waals surface area contributed by atoms with Crippen LogP contribution in [0.5, 0.6) is 11.5 Å². The van der Waals surface area contributed by atoms with Crippen molar-refractivity contribution in [3.63, 3.8) is 0 Å². The van der Waals surface area contributed by atoms with Crippen LogP contribution in [0.2, 0.25) is 0 Å². The molecule has 0 amide bonds. The Bertz CT molecular complexity index is 622. The molecule has 4 heteroatoms. The summed E-state index contributed by atoms with van der Waals surface area (Å²) in [7, 11) is 1.56. The molecule has 3 rings (SSSR count). The van der Waals surface area contributed by atoms with Crippen molar-refractivity contribution >= 4 is 5.97 Å². The van der Waals surface area contributed by atoms with Gasteiger partial charge in [-0.1, -0.05) is 18.2 Å². The predicted octanol–water partition coefficient (Wildman–Crippen LogP) is 2.21. The highest BCUT2D eigenvalue weighted by molar-refractivity contribution is 5.92. The maximum atomic E-state index is 12.0. The first kappa shape index (κ1) is 10.8. The quantitative estimate of drug-likeness (QED) is 0.567. The van der Waals surface area contributed by atoms with Crippen molar-refractivity contribution in [1.82, 2.24) is 4.98 Å². The maximum absolute atomic E-state index is 12.0. The predicted molar refractivity (Wildman–Crippen MR) is 65.0 cm³/mol. The summed E-state index contributed by atoms with van der Waals surface area (Å²) in [6, 6.07) is 9.28. The molecule has 0 saturated carbocycles. The van der Waals surface area contributed by atoms with E-state index in [1.807, 2.05) is 24.3 Å². The van der Waals surface area contributed by atoms with Gasteiger partial charge in [0.15, 0.2) is 17.2 Å². The van der Waals surface area contributed by atoms with E-state index in [0.29, 0.717) is 23.6 Å². The number of benzene rings is 1. The van der Waals surface area contributed by atoms with E-state index in [2.05, 4.69) is 4.98 Å². The van der Waals surface area contributed by atoms with E-state index in [4.69, 9.17) is 9.47 Å². The fraction of sp³-hybridized carbons (Fsp3) is 0.143. The molecule has 18 heavy (non-hydrogen) atoms. The van der Waals surface area contributed by atoms with E-state index in [9.17, 15) is 4.79 Å². The number of carbonyl (C=O) groups excluding carboxylic acids is 1. The molecule has 0 aliphatic carbocycles. The van der Waals surface area contributed by atoms with Crippen molar-refractivity contribution in [2.24, 2.45) is 0 Å². The second-order valence-electron chi connectivity index (χ2n) is 4.03. The summed E-state index contributed by atoms with van der Waals surface area (Å²) >= 11 is 0. The Balaban J connectivity index is 2.18. The highest BCUT2D eigenvalue weighted by Crippen LogP contribution is 2.35. The van der Waals surface area contributed by atoms with Crippen LogP contribution in [0.3, 0.4) is 0 Å². The van der Waals surface area contributed by atoms with Crippen LogP contribution < -0.4 is 9.47 Å². The second kappa shape index (κ2) is 4.14. The minimum absolute atomic E-state index is 0.371. The van der Waals surface area contributed by atoms with Gasteiger partial charge in [0, 0.05) is 18.2 Å². The first-order valence-electron chi connectivity index (χ1n) is 5.61. The molecule has 4 nitrogen and oxygen atoms in total. The smallest absolute Gasteiger partial charge is 0.362 e. The number of ether oxygens (including phenoxy) is 2. The molecule has 2 heterocycles. The third-order valence-electron chi connectivity index (χ3n) is 2.94. The summed E-state index contributed by atoms with van der Waals surface area (Å²) in [5.74, 6) is 0.616. The number of hydrogen-bond acceptors (Lipinski definition) is 4. The highest BCUT2D eigenvalue weighted by Gasteiger charge is 2.24. The minimum atomic E-state index is -0.436. The molecule has 1 aliphatic rings. The standard InChI is InChI=1S/C14H11NO3/c1-17-11-6-2-4-10-8-9-5-3-7-15-12(9)14(16)18-13(10)11/h2-7H,8H2,1H3. The van der Waals surface area contributed by atoms with Gasteiger partial charge in [0.1, 0.15) is 0 Å². The van der Waals surface area contributed by atoms with Crippen LogP contribution >= 0.6 is 0 Å². The zero-order chi connectivity index (χ0) is 12.5. The molecule has 0 fully saturated rings. The summed E-state index contributed by atoms with van der Waals surface area (Å²) < 4.78 is 10.6. The van der Waals surface area contributed by atoms with Crippen molar-refractivity contribution in [3.8, 4) is 11.5 Å². The second-order valence-corrected chi connectivity index (χ2v) is 4.03. The summed E-state index contributed by atoms with van der Waals surface area (Å²) in [6.07, 6.45) is 2.20. The third kappa shape index (κ3) is 1.62. The molecule has 0 atom stereocenters. The number of para-hydroxylation sites is 1. The summed E-state index contributed by atoms with van der Waals surface area (Å²) in [6.45, 7) is 0. The Morgan fingerprint density at radius 2 is 2.06 bits per heavy atom. The molecule has 1 aliphatic heterocycles. The van der Waals surface area contributed by atoms with Gasteiger partial charge in [-0.3, -0.25) is 0 Å². The maximum Gasteiger partial charge on any atom is 0.362 e. The fourth-order valence-electron chi connectivity index (χ4n) is 2.09. The van der Waals surface area contributed by atoms with Crippen LogP contribution in [0.1, 0.15) is 21.6 Å². The molecule has 0 spiro atoms. The van der Waals surface area contributed by atoms with Gasteiger partial charge in [-0.05, 0) is 17.7 Å². The van der Waals surface area contributed by atoms with Gasteiger partial charge in [0.2, 0.25) is 0 Å². The molecule has 0 N–H and O–H groups in total. The Labute approximate surface area is 104 Å². The average molecular weight is 241 g/mol. The van der Waals surface area contributed by atoms with E-state index in [-0.39, 0.29) is 0 Å². The zero-order valence-corrected chi connectivity index (χ0v) is 9.84. The Hall–Kier alpha value is -2.36. The van der Waals surface area contributed by atoms with Crippen molar-refractivity contribution in [2.75, 3.05) is 7.11 Å².